The zero-order valence-electron chi connectivity index (χ0n) is 12.8. The molecule has 0 bridgehead atoms. The van der Waals surface area contributed by atoms with Crippen LogP contribution in [0.3, 0.4) is 0 Å². The number of halogens is 1. The Morgan fingerprint density at radius 1 is 1.38 bits per heavy atom. The predicted octanol–water partition coefficient (Wildman–Crippen LogP) is 1.64. The molecule has 1 N–H and O–H groups in total. The maximum atomic E-state index is 11.0. The van der Waals surface area contributed by atoms with Gasteiger partial charge in [-0.25, -0.2) is 4.98 Å². The fraction of sp³-hybridized carbons (Fsp3) is 0.643. The molecule has 0 aliphatic carbocycles. The molecule has 0 saturated heterocycles. The number of alkyl halides is 1. The lowest BCUT2D eigenvalue weighted by atomic mass is 10.2. The number of carbonyl (C=O) groups is 1. The lowest BCUT2D eigenvalue weighted by Crippen LogP contribution is -2.25. The zero-order chi connectivity index (χ0) is 15.4. The first kappa shape index (κ1) is 15.8. The van der Waals surface area contributed by atoms with Crippen molar-refractivity contribution in [2.75, 3.05) is 12.4 Å². The standard InChI is InChI=1S/C14H22ClN5O/c1-4-5-11-13-14(19(3)18-11)20(9-8-16-10(2)21)12(17-13)6-7-15/h4-9H2,1-3H3,(H,16,21). The van der Waals surface area contributed by atoms with E-state index in [9.17, 15) is 4.79 Å². The molecule has 0 fully saturated rings. The van der Waals surface area contributed by atoms with E-state index in [1.165, 1.54) is 6.92 Å². The number of hydrogen-bond acceptors (Lipinski definition) is 3. The van der Waals surface area contributed by atoms with Crippen molar-refractivity contribution in [2.45, 2.75) is 39.7 Å². The zero-order valence-corrected chi connectivity index (χ0v) is 13.6. The summed E-state index contributed by atoms with van der Waals surface area (Å²) in [7, 11) is 1.93. The fourth-order valence-electron chi connectivity index (χ4n) is 2.55. The second kappa shape index (κ2) is 6.93. The van der Waals surface area contributed by atoms with E-state index >= 15 is 0 Å². The number of fused-ring (bicyclic) bond motifs is 1. The number of imidazole rings is 1. The smallest absolute Gasteiger partial charge is 0.216 e. The van der Waals surface area contributed by atoms with Gasteiger partial charge in [-0.2, -0.15) is 5.10 Å². The lowest BCUT2D eigenvalue weighted by Gasteiger charge is -2.09. The van der Waals surface area contributed by atoms with Crippen molar-refractivity contribution in [3.8, 4) is 0 Å². The van der Waals surface area contributed by atoms with E-state index < -0.39 is 0 Å². The number of rotatable bonds is 7. The quantitative estimate of drug-likeness (QED) is 0.791. The Hall–Kier alpha value is -1.56. The summed E-state index contributed by atoms with van der Waals surface area (Å²) in [6, 6.07) is 0. The minimum Gasteiger partial charge on any atom is -0.355 e. The van der Waals surface area contributed by atoms with Crippen LogP contribution >= 0.6 is 11.6 Å². The first-order valence-corrected chi connectivity index (χ1v) is 7.83. The Bertz CT molecular complexity index is 631. The van der Waals surface area contributed by atoms with Crippen LogP contribution in [0.15, 0.2) is 0 Å². The van der Waals surface area contributed by atoms with E-state index in [0.717, 1.165) is 35.5 Å². The summed E-state index contributed by atoms with van der Waals surface area (Å²) in [5.41, 5.74) is 3.00. The molecule has 0 saturated carbocycles. The minimum absolute atomic E-state index is 0.0260. The van der Waals surface area contributed by atoms with Crippen LogP contribution in [-0.4, -0.2) is 37.7 Å². The Balaban J connectivity index is 2.38. The molecule has 6 nitrogen and oxygen atoms in total. The number of nitrogens with zero attached hydrogens (tertiary/aromatic N) is 4. The summed E-state index contributed by atoms with van der Waals surface area (Å²) >= 11 is 5.88. The van der Waals surface area contributed by atoms with E-state index in [4.69, 9.17) is 16.6 Å². The average Bonchev–Trinajstić information content (AvgIpc) is 2.91. The SMILES string of the molecule is CCCc1nn(C)c2c1nc(CCCl)n2CCNC(C)=O. The summed E-state index contributed by atoms with van der Waals surface area (Å²) in [4.78, 5) is 15.8. The Morgan fingerprint density at radius 2 is 2.14 bits per heavy atom. The fourth-order valence-corrected chi connectivity index (χ4v) is 2.72. The first-order valence-electron chi connectivity index (χ1n) is 7.29. The van der Waals surface area contributed by atoms with Crippen molar-refractivity contribution in [3.05, 3.63) is 11.5 Å². The second-order valence-corrected chi connectivity index (χ2v) is 5.47. The van der Waals surface area contributed by atoms with Crippen molar-refractivity contribution < 1.29 is 4.79 Å². The summed E-state index contributed by atoms with van der Waals surface area (Å²) in [6.07, 6.45) is 2.66. The van der Waals surface area contributed by atoms with Crippen molar-refractivity contribution in [3.63, 3.8) is 0 Å². The van der Waals surface area contributed by atoms with E-state index in [1.807, 2.05) is 11.7 Å². The van der Waals surface area contributed by atoms with Crippen LogP contribution in [0.4, 0.5) is 0 Å². The Morgan fingerprint density at radius 3 is 2.76 bits per heavy atom. The van der Waals surface area contributed by atoms with E-state index in [0.29, 0.717) is 25.4 Å². The Labute approximate surface area is 129 Å². The maximum absolute atomic E-state index is 11.0. The van der Waals surface area contributed by atoms with Gasteiger partial charge in [0.05, 0.1) is 5.69 Å². The third kappa shape index (κ3) is 3.37. The molecule has 2 aromatic rings. The van der Waals surface area contributed by atoms with Gasteiger partial charge in [0.25, 0.3) is 0 Å². The van der Waals surface area contributed by atoms with Crippen LogP contribution in [0, 0.1) is 0 Å². The monoisotopic (exact) mass is 311 g/mol. The number of hydrogen-bond donors (Lipinski definition) is 1. The van der Waals surface area contributed by atoms with Gasteiger partial charge in [0.1, 0.15) is 11.3 Å². The number of aryl methyl sites for hydroxylation is 3. The van der Waals surface area contributed by atoms with Crippen molar-refractivity contribution in [1.82, 2.24) is 24.6 Å². The Kier molecular flexibility index (Phi) is 5.22. The summed E-state index contributed by atoms with van der Waals surface area (Å²) in [5.74, 6) is 1.46. The van der Waals surface area contributed by atoms with Crippen molar-refractivity contribution >= 4 is 28.7 Å². The van der Waals surface area contributed by atoms with Crippen LogP contribution in [0.25, 0.3) is 11.2 Å². The molecule has 0 unspecified atom stereocenters. The molecule has 2 rings (SSSR count). The van der Waals surface area contributed by atoms with Crippen LogP contribution < -0.4 is 5.32 Å². The van der Waals surface area contributed by atoms with E-state index in [-0.39, 0.29) is 5.91 Å². The van der Waals surface area contributed by atoms with Gasteiger partial charge in [-0.3, -0.25) is 9.48 Å². The number of aromatic nitrogens is 4. The van der Waals surface area contributed by atoms with E-state index in [2.05, 4.69) is 21.9 Å². The van der Waals surface area contributed by atoms with Gasteiger partial charge in [-0.15, -0.1) is 11.6 Å². The highest BCUT2D eigenvalue weighted by atomic mass is 35.5. The number of carbonyl (C=O) groups excluding carboxylic acids is 1. The summed E-state index contributed by atoms with van der Waals surface area (Å²) in [5, 5.41) is 7.38. The molecule has 2 heterocycles. The van der Waals surface area contributed by atoms with Crippen molar-refractivity contribution in [1.29, 1.82) is 0 Å². The van der Waals surface area contributed by atoms with Crippen LogP contribution in [-0.2, 0) is 31.2 Å². The van der Waals surface area contributed by atoms with Gasteiger partial charge >= 0.3 is 0 Å². The molecule has 0 aromatic carbocycles. The second-order valence-electron chi connectivity index (χ2n) is 5.09. The molecular formula is C14H22ClN5O. The minimum atomic E-state index is -0.0260. The molecule has 0 aliphatic rings. The first-order chi connectivity index (χ1) is 10.1. The highest BCUT2D eigenvalue weighted by molar-refractivity contribution is 6.17. The highest BCUT2D eigenvalue weighted by Gasteiger charge is 2.18. The molecule has 116 valence electrons. The molecule has 7 heteroatoms. The normalized spacial score (nSPS) is 11.2. The van der Waals surface area contributed by atoms with Crippen LogP contribution in [0.2, 0.25) is 0 Å². The molecule has 21 heavy (non-hydrogen) atoms. The highest BCUT2D eigenvalue weighted by Crippen LogP contribution is 2.21. The molecule has 0 aliphatic heterocycles. The van der Waals surface area contributed by atoms with Gasteiger partial charge in [0, 0.05) is 39.4 Å². The van der Waals surface area contributed by atoms with Gasteiger partial charge < -0.3 is 9.88 Å². The summed E-state index contributed by atoms with van der Waals surface area (Å²) < 4.78 is 3.98. The topological polar surface area (TPSA) is 64.7 Å². The molecule has 2 aromatic heterocycles. The molecule has 0 spiro atoms. The molecule has 1 amide bonds. The third-order valence-corrected chi connectivity index (χ3v) is 3.57. The van der Waals surface area contributed by atoms with Crippen molar-refractivity contribution in [2.24, 2.45) is 7.05 Å². The van der Waals surface area contributed by atoms with Gasteiger partial charge in [-0.05, 0) is 6.42 Å². The number of amides is 1. The summed E-state index contributed by atoms with van der Waals surface area (Å²) in [6.45, 7) is 4.90. The van der Waals surface area contributed by atoms with Gasteiger partial charge in [0.15, 0.2) is 5.65 Å². The van der Waals surface area contributed by atoms with Crippen LogP contribution in [0.5, 0.6) is 0 Å². The third-order valence-electron chi connectivity index (χ3n) is 3.38. The van der Waals surface area contributed by atoms with Crippen LogP contribution in [0.1, 0.15) is 31.8 Å². The van der Waals surface area contributed by atoms with Gasteiger partial charge in [-0.1, -0.05) is 13.3 Å². The molecule has 0 radical (unpaired) electrons. The predicted molar refractivity (Wildman–Crippen MR) is 83.6 cm³/mol. The molecule has 0 atom stereocenters. The maximum Gasteiger partial charge on any atom is 0.216 e. The lowest BCUT2D eigenvalue weighted by molar-refractivity contribution is -0.118. The average molecular weight is 312 g/mol. The van der Waals surface area contributed by atoms with E-state index in [1.54, 1.807) is 0 Å². The molecular weight excluding hydrogens is 290 g/mol. The number of nitrogens with one attached hydrogen (secondary N) is 1. The van der Waals surface area contributed by atoms with Gasteiger partial charge in [0.2, 0.25) is 5.91 Å². The largest absolute Gasteiger partial charge is 0.355 e.